The number of aliphatic hydroxyl groups is 1. The summed E-state index contributed by atoms with van der Waals surface area (Å²) < 4.78 is 0. The lowest BCUT2D eigenvalue weighted by atomic mass is 10.0. The minimum Gasteiger partial charge on any atom is -0.393 e. The molecule has 0 aromatic heterocycles. The summed E-state index contributed by atoms with van der Waals surface area (Å²) >= 11 is 0. The Morgan fingerprint density at radius 3 is 2.61 bits per heavy atom. The van der Waals surface area contributed by atoms with Gasteiger partial charge >= 0.3 is 0 Å². The van der Waals surface area contributed by atoms with E-state index in [0.717, 1.165) is 32.1 Å². The van der Waals surface area contributed by atoms with Crippen molar-refractivity contribution in [2.45, 2.75) is 58.0 Å². The Bertz CT molecular complexity index is 332. The van der Waals surface area contributed by atoms with E-state index in [-0.39, 0.29) is 5.78 Å². The van der Waals surface area contributed by atoms with Gasteiger partial charge in [-0.05, 0) is 18.4 Å². The van der Waals surface area contributed by atoms with E-state index in [9.17, 15) is 9.90 Å². The minimum atomic E-state index is -0.445. The fraction of sp³-hybridized carbons (Fsp3) is 0.562. The second-order valence-corrected chi connectivity index (χ2v) is 4.88. The molecule has 0 aliphatic carbocycles. The third kappa shape index (κ3) is 6.55. The standard InChI is InChI=1S/C16H24O2/c1-2-3-5-10-15(17)13-16(18)12-11-14-8-6-4-7-9-14/h4,6-9,15,17H,2-3,5,10-13H2,1H3. The zero-order valence-electron chi connectivity index (χ0n) is 11.3. The Hall–Kier alpha value is -1.15. The third-order valence-corrected chi connectivity index (χ3v) is 3.14. The van der Waals surface area contributed by atoms with Crippen LogP contribution in [0.2, 0.25) is 0 Å². The van der Waals surface area contributed by atoms with Gasteiger partial charge in [-0.25, -0.2) is 0 Å². The largest absolute Gasteiger partial charge is 0.393 e. The summed E-state index contributed by atoms with van der Waals surface area (Å²) in [5, 5.41) is 9.72. The van der Waals surface area contributed by atoms with Crippen LogP contribution in [0.3, 0.4) is 0 Å². The van der Waals surface area contributed by atoms with Crippen LogP contribution in [-0.2, 0) is 11.2 Å². The number of hydrogen-bond donors (Lipinski definition) is 1. The maximum atomic E-state index is 11.7. The summed E-state index contributed by atoms with van der Waals surface area (Å²) in [7, 11) is 0. The topological polar surface area (TPSA) is 37.3 Å². The number of benzene rings is 1. The van der Waals surface area contributed by atoms with Crippen molar-refractivity contribution in [2.75, 3.05) is 0 Å². The van der Waals surface area contributed by atoms with Crippen LogP contribution in [0.15, 0.2) is 30.3 Å². The van der Waals surface area contributed by atoms with Crippen molar-refractivity contribution in [3.8, 4) is 0 Å². The number of carbonyl (C=O) groups is 1. The average Bonchev–Trinajstić information content (AvgIpc) is 2.38. The van der Waals surface area contributed by atoms with E-state index in [1.54, 1.807) is 0 Å². The summed E-state index contributed by atoms with van der Waals surface area (Å²) in [5.41, 5.74) is 1.19. The van der Waals surface area contributed by atoms with E-state index in [1.165, 1.54) is 5.56 Å². The lowest BCUT2D eigenvalue weighted by molar-refractivity contribution is -0.121. The Kier molecular flexibility index (Phi) is 7.35. The van der Waals surface area contributed by atoms with Crippen molar-refractivity contribution in [2.24, 2.45) is 0 Å². The van der Waals surface area contributed by atoms with E-state index in [1.807, 2.05) is 30.3 Å². The predicted molar refractivity (Wildman–Crippen MR) is 74.5 cm³/mol. The molecule has 1 atom stereocenters. The highest BCUT2D eigenvalue weighted by Crippen LogP contribution is 2.09. The van der Waals surface area contributed by atoms with Crippen LogP contribution >= 0.6 is 0 Å². The van der Waals surface area contributed by atoms with Crippen molar-refractivity contribution < 1.29 is 9.90 Å². The predicted octanol–water partition coefficient (Wildman–Crippen LogP) is 3.52. The SMILES string of the molecule is CCCCCC(O)CC(=O)CCc1ccccc1. The summed E-state index contributed by atoms with van der Waals surface area (Å²) in [6.45, 7) is 2.14. The lowest BCUT2D eigenvalue weighted by Gasteiger charge is -2.09. The molecule has 0 aliphatic heterocycles. The highest BCUT2D eigenvalue weighted by Gasteiger charge is 2.10. The summed E-state index contributed by atoms with van der Waals surface area (Å²) in [6, 6.07) is 10.0. The van der Waals surface area contributed by atoms with E-state index in [0.29, 0.717) is 12.8 Å². The second kappa shape index (κ2) is 8.87. The van der Waals surface area contributed by atoms with E-state index in [2.05, 4.69) is 6.92 Å². The number of aliphatic hydroxyl groups excluding tert-OH is 1. The van der Waals surface area contributed by atoms with Gasteiger partial charge in [0.25, 0.3) is 0 Å². The molecule has 100 valence electrons. The molecule has 1 unspecified atom stereocenters. The Morgan fingerprint density at radius 1 is 1.22 bits per heavy atom. The number of ketones is 1. The van der Waals surface area contributed by atoms with Crippen LogP contribution < -0.4 is 0 Å². The summed E-state index contributed by atoms with van der Waals surface area (Å²) in [4.78, 5) is 11.7. The van der Waals surface area contributed by atoms with Crippen LogP contribution in [-0.4, -0.2) is 17.0 Å². The maximum absolute atomic E-state index is 11.7. The van der Waals surface area contributed by atoms with Crippen LogP contribution in [0.5, 0.6) is 0 Å². The molecule has 0 heterocycles. The lowest BCUT2D eigenvalue weighted by Crippen LogP contribution is -2.13. The first-order chi connectivity index (χ1) is 8.72. The molecule has 0 saturated heterocycles. The summed E-state index contributed by atoms with van der Waals surface area (Å²) in [6.07, 6.45) is 5.24. The molecule has 1 aromatic rings. The molecule has 1 rings (SSSR count). The number of carbonyl (C=O) groups excluding carboxylic acids is 1. The molecule has 1 aromatic carbocycles. The fourth-order valence-corrected chi connectivity index (χ4v) is 2.03. The van der Waals surface area contributed by atoms with Crippen molar-refractivity contribution in [3.63, 3.8) is 0 Å². The molecule has 0 radical (unpaired) electrons. The van der Waals surface area contributed by atoms with Crippen LogP contribution in [0, 0.1) is 0 Å². The first-order valence-electron chi connectivity index (χ1n) is 6.96. The van der Waals surface area contributed by atoms with Gasteiger partial charge in [0.2, 0.25) is 0 Å². The highest BCUT2D eigenvalue weighted by molar-refractivity contribution is 5.79. The van der Waals surface area contributed by atoms with Gasteiger partial charge in [0.05, 0.1) is 6.10 Å². The van der Waals surface area contributed by atoms with Crippen molar-refractivity contribution in [1.82, 2.24) is 0 Å². The molecule has 0 saturated carbocycles. The fourth-order valence-electron chi connectivity index (χ4n) is 2.03. The number of hydrogen-bond acceptors (Lipinski definition) is 2. The number of rotatable bonds is 9. The van der Waals surface area contributed by atoms with Crippen LogP contribution in [0.4, 0.5) is 0 Å². The monoisotopic (exact) mass is 248 g/mol. The molecule has 2 heteroatoms. The van der Waals surface area contributed by atoms with Gasteiger partial charge in [0, 0.05) is 12.8 Å². The molecular weight excluding hydrogens is 224 g/mol. The molecule has 0 fully saturated rings. The van der Waals surface area contributed by atoms with Gasteiger partial charge in [0.15, 0.2) is 0 Å². The Morgan fingerprint density at radius 2 is 1.94 bits per heavy atom. The Labute approximate surface area is 110 Å². The quantitative estimate of drug-likeness (QED) is 0.679. The van der Waals surface area contributed by atoms with Gasteiger partial charge in [-0.15, -0.1) is 0 Å². The van der Waals surface area contributed by atoms with E-state index >= 15 is 0 Å². The Balaban J connectivity index is 2.17. The number of unbranched alkanes of at least 4 members (excludes halogenated alkanes) is 2. The smallest absolute Gasteiger partial charge is 0.135 e. The van der Waals surface area contributed by atoms with Gasteiger partial charge in [-0.2, -0.15) is 0 Å². The molecule has 0 amide bonds. The normalized spacial score (nSPS) is 12.3. The van der Waals surface area contributed by atoms with Crippen LogP contribution in [0.1, 0.15) is 51.0 Å². The third-order valence-electron chi connectivity index (χ3n) is 3.14. The van der Waals surface area contributed by atoms with Gasteiger partial charge in [-0.1, -0.05) is 56.5 Å². The molecule has 0 bridgehead atoms. The number of aryl methyl sites for hydroxylation is 1. The maximum Gasteiger partial charge on any atom is 0.135 e. The van der Waals surface area contributed by atoms with E-state index < -0.39 is 6.10 Å². The van der Waals surface area contributed by atoms with Gasteiger partial charge in [0.1, 0.15) is 5.78 Å². The first-order valence-corrected chi connectivity index (χ1v) is 6.96. The molecule has 1 N–H and O–H groups in total. The molecule has 2 nitrogen and oxygen atoms in total. The van der Waals surface area contributed by atoms with Crippen LogP contribution in [0.25, 0.3) is 0 Å². The molecule has 18 heavy (non-hydrogen) atoms. The molecular formula is C16H24O2. The number of Topliss-reactive ketones (excluding diaryl/α,β-unsaturated/α-hetero) is 1. The van der Waals surface area contributed by atoms with Gasteiger partial charge in [-0.3, -0.25) is 4.79 Å². The highest BCUT2D eigenvalue weighted by atomic mass is 16.3. The van der Waals surface area contributed by atoms with Crippen molar-refractivity contribution in [3.05, 3.63) is 35.9 Å². The minimum absolute atomic E-state index is 0.169. The van der Waals surface area contributed by atoms with Gasteiger partial charge < -0.3 is 5.11 Å². The first kappa shape index (κ1) is 14.9. The zero-order valence-corrected chi connectivity index (χ0v) is 11.3. The van der Waals surface area contributed by atoms with Crippen molar-refractivity contribution in [1.29, 1.82) is 0 Å². The second-order valence-electron chi connectivity index (χ2n) is 4.88. The summed E-state index contributed by atoms with van der Waals surface area (Å²) in [5.74, 6) is 0.169. The average molecular weight is 248 g/mol. The molecule has 0 aliphatic rings. The van der Waals surface area contributed by atoms with Crippen molar-refractivity contribution >= 4 is 5.78 Å². The zero-order chi connectivity index (χ0) is 13.2. The van der Waals surface area contributed by atoms with E-state index in [4.69, 9.17) is 0 Å². The molecule has 0 spiro atoms.